The largest absolute Gasteiger partial charge is 0.491 e. The lowest BCUT2D eigenvalue weighted by atomic mass is 10.3. The van der Waals surface area contributed by atoms with Crippen LogP contribution in [0.25, 0.3) is 11.0 Å². The van der Waals surface area contributed by atoms with Gasteiger partial charge in [0, 0.05) is 13.1 Å². The summed E-state index contributed by atoms with van der Waals surface area (Å²) in [4.78, 5) is 4.17. The van der Waals surface area contributed by atoms with Gasteiger partial charge in [-0.1, -0.05) is 6.92 Å². The van der Waals surface area contributed by atoms with Crippen molar-refractivity contribution >= 4 is 11.0 Å². The molecule has 1 aromatic carbocycles. The number of nitrogens with zero attached hydrogens (tertiary/aromatic N) is 2. The van der Waals surface area contributed by atoms with Gasteiger partial charge in [0.25, 0.3) is 0 Å². The van der Waals surface area contributed by atoms with Crippen LogP contribution in [0.5, 0.6) is 5.75 Å². The maximum atomic E-state index is 5.72. The van der Waals surface area contributed by atoms with Gasteiger partial charge < -0.3 is 9.30 Å². The van der Waals surface area contributed by atoms with Crippen molar-refractivity contribution in [1.82, 2.24) is 9.55 Å². The van der Waals surface area contributed by atoms with Crippen molar-refractivity contribution in [2.45, 2.75) is 26.4 Å². The number of aromatic nitrogens is 2. The van der Waals surface area contributed by atoms with Crippen LogP contribution >= 0.6 is 0 Å². The van der Waals surface area contributed by atoms with Gasteiger partial charge in [0.2, 0.25) is 0 Å². The van der Waals surface area contributed by atoms with E-state index >= 15 is 0 Å². The summed E-state index contributed by atoms with van der Waals surface area (Å²) < 4.78 is 7.60. The maximum absolute atomic E-state index is 5.72. The molecular weight excluding hydrogens is 188 g/mol. The molecule has 1 aromatic heterocycles. The standard InChI is InChI=1S/C12H15N2O/c1-4-9(2)15-10-5-6-12-11(7-10)13-8-14(12)3/h5-7,9H,4H2,1-3H3. The van der Waals surface area contributed by atoms with Crippen LogP contribution < -0.4 is 4.74 Å². The lowest BCUT2D eigenvalue weighted by molar-refractivity contribution is 0.217. The molecule has 0 fully saturated rings. The van der Waals surface area contributed by atoms with E-state index in [-0.39, 0.29) is 6.10 Å². The first-order chi connectivity index (χ1) is 7.20. The Hall–Kier alpha value is -1.51. The number of hydrogen-bond donors (Lipinski definition) is 0. The summed E-state index contributed by atoms with van der Waals surface area (Å²) in [5.41, 5.74) is 2.00. The Bertz CT molecular complexity index is 462. The molecule has 0 bridgehead atoms. The van der Waals surface area contributed by atoms with Crippen LogP contribution in [0.3, 0.4) is 0 Å². The van der Waals surface area contributed by atoms with Gasteiger partial charge in [-0.3, -0.25) is 0 Å². The van der Waals surface area contributed by atoms with Gasteiger partial charge in [0.15, 0.2) is 6.33 Å². The number of rotatable bonds is 3. The number of fused-ring (bicyclic) bond motifs is 1. The van der Waals surface area contributed by atoms with Crippen LogP contribution in [0, 0.1) is 6.33 Å². The molecule has 2 aromatic rings. The summed E-state index contributed by atoms with van der Waals surface area (Å²) in [6, 6.07) is 5.94. The second kappa shape index (κ2) is 3.93. The summed E-state index contributed by atoms with van der Waals surface area (Å²) in [6.45, 7) is 4.17. The summed E-state index contributed by atoms with van der Waals surface area (Å²) in [5, 5.41) is 0. The maximum Gasteiger partial charge on any atom is 0.177 e. The molecule has 1 atom stereocenters. The van der Waals surface area contributed by atoms with Crippen LogP contribution in [-0.2, 0) is 7.05 Å². The molecule has 1 unspecified atom stereocenters. The van der Waals surface area contributed by atoms with Crippen LogP contribution in [0.15, 0.2) is 18.2 Å². The fourth-order valence-corrected chi connectivity index (χ4v) is 1.45. The first-order valence-electron chi connectivity index (χ1n) is 5.21. The Morgan fingerprint density at radius 2 is 2.33 bits per heavy atom. The van der Waals surface area contributed by atoms with Crippen LogP contribution in [0.1, 0.15) is 20.3 Å². The number of benzene rings is 1. The molecule has 3 heteroatoms. The number of ether oxygens (including phenoxy) is 1. The highest BCUT2D eigenvalue weighted by molar-refractivity contribution is 5.76. The molecule has 0 spiro atoms. The van der Waals surface area contributed by atoms with Gasteiger partial charge in [-0.05, 0) is 25.5 Å². The molecule has 0 aliphatic rings. The van der Waals surface area contributed by atoms with E-state index in [9.17, 15) is 0 Å². The molecule has 79 valence electrons. The quantitative estimate of drug-likeness (QED) is 0.766. The van der Waals surface area contributed by atoms with Crippen molar-refractivity contribution in [3.8, 4) is 5.75 Å². The average molecular weight is 203 g/mol. The minimum Gasteiger partial charge on any atom is -0.491 e. The first-order valence-corrected chi connectivity index (χ1v) is 5.21. The highest BCUT2D eigenvalue weighted by Gasteiger charge is 2.04. The van der Waals surface area contributed by atoms with Crippen molar-refractivity contribution < 1.29 is 4.74 Å². The van der Waals surface area contributed by atoms with Gasteiger partial charge >= 0.3 is 0 Å². The number of hydrogen-bond acceptors (Lipinski definition) is 2. The fourth-order valence-electron chi connectivity index (χ4n) is 1.45. The Labute approximate surface area is 89.7 Å². The van der Waals surface area contributed by atoms with E-state index in [2.05, 4.69) is 25.2 Å². The molecule has 3 nitrogen and oxygen atoms in total. The van der Waals surface area contributed by atoms with E-state index in [1.807, 2.05) is 29.8 Å². The van der Waals surface area contributed by atoms with Crippen LogP contribution in [0.4, 0.5) is 0 Å². The molecular formula is C12H15N2O. The highest BCUT2D eigenvalue weighted by atomic mass is 16.5. The third kappa shape index (κ3) is 1.96. The van der Waals surface area contributed by atoms with Crippen molar-refractivity contribution in [2.24, 2.45) is 7.05 Å². The molecule has 1 heterocycles. The lowest BCUT2D eigenvalue weighted by Gasteiger charge is -2.12. The van der Waals surface area contributed by atoms with Gasteiger partial charge in [-0.25, -0.2) is 4.98 Å². The Balaban J connectivity index is 2.31. The van der Waals surface area contributed by atoms with E-state index in [1.54, 1.807) is 0 Å². The highest BCUT2D eigenvalue weighted by Crippen LogP contribution is 2.20. The topological polar surface area (TPSA) is 27.1 Å². The second-order valence-corrected chi connectivity index (χ2v) is 3.76. The first kappa shape index (κ1) is 10.0. The van der Waals surface area contributed by atoms with Crippen LogP contribution in [-0.4, -0.2) is 15.7 Å². The van der Waals surface area contributed by atoms with E-state index in [4.69, 9.17) is 4.74 Å². The minimum absolute atomic E-state index is 0.246. The predicted octanol–water partition coefficient (Wildman–Crippen LogP) is 2.55. The summed E-state index contributed by atoms with van der Waals surface area (Å²) >= 11 is 0. The second-order valence-electron chi connectivity index (χ2n) is 3.76. The van der Waals surface area contributed by atoms with Crippen LogP contribution in [0.2, 0.25) is 0 Å². The van der Waals surface area contributed by atoms with Gasteiger partial charge in [-0.15, -0.1) is 0 Å². The Kier molecular flexibility index (Phi) is 2.62. The van der Waals surface area contributed by atoms with E-state index in [0.29, 0.717) is 0 Å². The minimum atomic E-state index is 0.246. The molecule has 0 saturated carbocycles. The van der Waals surface area contributed by atoms with E-state index in [0.717, 1.165) is 23.2 Å². The summed E-state index contributed by atoms with van der Waals surface area (Å²) in [5.74, 6) is 0.879. The zero-order chi connectivity index (χ0) is 10.8. The summed E-state index contributed by atoms with van der Waals surface area (Å²) in [6.07, 6.45) is 4.13. The van der Waals surface area contributed by atoms with Gasteiger partial charge in [0.1, 0.15) is 5.75 Å². The predicted molar refractivity (Wildman–Crippen MR) is 59.9 cm³/mol. The molecule has 0 amide bonds. The van der Waals surface area contributed by atoms with E-state index < -0.39 is 0 Å². The molecule has 0 saturated heterocycles. The van der Waals surface area contributed by atoms with E-state index in [1.165, 1.54) is 0 Å². The lowest BCUT2D eigenvalue weighted by Crippen LogP contribution is -2.09. The number of imidazole rings is 1. The van der Waals surface area contributed by atoms with Gasteiger partial charge in [0.05, 0.1) is 17.1 Å². The molecule has 15 heavy (non-hydrogen) atoms. The molecule has 2 rings (SSSR count). The third-order valence-corrected chi connectivity index (χ3v) is 2.54. The Morgan fingerprint density at radius 3 is 3.07 bits per heavy atom. The molecule has 0 aliphatic heterocycles. The van der Waals surface area contributed by atoms with Crippen molar-refractivity contribution in [3.63, 3.8) is 0 Å². The normalized spacial score (nSPS) is 13.0. The third-order valence-electron chi connectivity index (χ3n) is 2.54. The summed E-state index contributed by atoms with van der Waals surface area (Å²) in [7, 11) is 1.94. The fraction of sp³-hybridized carbons (Fsp3) is 0.417. The SMILES string of the molecule is CCC(C)Oc1ccc2c(c1)n[c]n2C. The average Bonchev–Trinajstić information content (AvgIpc) is 2.60. The zero-order valence-corrected chi connectivity index (χ0v) is 9.32. The van der Waals surface area contributed by atoms with Gasteiger partial charge in [-0.2, -0.15) is 0 Å². The smallest absolute Gasteiger partial charge is 0.177 e. The monoisotopic (exact) mass is 203 g/mol. The number of aryl methyl sites for hydroxylation is 1. The van der Waals surface area contributed by atoms with Crippen molar-refractivity contribution in [3.05, 3.63) is 24.5 Å². The molecule has 0 N–H and O–H groups in total. The van der Waals surface area contributed by atoms with Crippen molar-refractivity contribution in [1.29, 1.82) is 0 Å². The Morgan fingerprint density at radius 1 is 1.53 bits per heavy atom. The molecule has 0 aliphatic carbocycles. The van der Waals surface area contributed by atoms with Crippen molar-refractivity contribution in [2.75, 3.05) is 0 Å². The molecule has 1 radical (unpaired) electrons. The zero-order valence-electron chi connectivity index (χ0n) is 9.32.